The summed E-state index contributed by atoms with van der Waals surface area (Å²) in [5.41, 5.74) is 0.704. The maximum absolute atomic E-state index is 11.7. The van der Waals surface area contributed by atoms with Crippen molar-refractivity contribution in [2.75, 3.05) is 0 Å². The predicted molar refractivity (Wildman–Crippen MR) is 61.7 cm³/mol. The van der Waals surface area contributed by atoms with Gasteiger partial charge in [-0.1, -0.05) is 6.92 Å². The summed E-state index contributed by atoms with van der Waals surface area (Å²) in [5, 5.41) is 0. The second-order valence-electron chi connectivity index (χ2n) is 4.02. The molecule has 1 aromatic rings. The fourth-order valence-corrected chi connectivity index (χ4v) is 1.87. The molecule has 6 heteroatoms. The van der Waals surface area contributed by atoms with Crippen molar-refractivity contribution in [1.82, 2.24) is 4.98 Å². The number of pyridine rings is 1. The SMILES string of the molecule is CCc1c(C)c2c([nH]c1=O)OC(=O)CCC(=O)O2. The van der Waals surface area contributed by atoms with Crippen molar-refractivity contribution >= 4 is 11.9 Å². The number of ether oxygens (including phenoxy) is 2. The van der Waals surface area contributed by atoms with Crippen LogP contribution >= 0.6 is 0 Å². The Kier molecular flexibility index (Phi) is 3.18. The number of aromatic nitrogens is 1. The molecule has 0 spiro atoms. The van der Waals surface area contributed by atoms with Crippen molar-refractivity contribution in [1.29, 1.82) is 0 Å². The van der Waals surface area contributed by atoms with E-state index >= 15 is 0 Å². The molecule has 1 aliphatic rings. The van der Waals surface area contributed by atoms with Crippen LogP contribution in [0.3, 0.4) is 0 Å². The van der Waals surface area contributed by atoms with Crippen LogP contribution in [0.25, 0.3) is 0 Å². The summed E-state index contributed by atoms with van der Waals surface area (Å²) < 4.78 is 10.1. The van der Waals surface area contributed by atoms with E-state index < -0.39 is 11.9 Å². The molecule has 0 aromatic carbocycles. The van der Waals surface area contributed by atoms with Crippen molar-refractivity contribution in [2.24, 2.45) is 0 Å². The van der Waals surface area contributed by atoms with Gasteiger partial charge >= 0.3 is 11.9 Å². The van der Waals surface area contributed by atoms with Crippen LogP contribution in [-0.2, 0) is 16.0 Å². The molecule has 0 unspecified atom stereocenters. The van der Waals surface area contributed by atoms with Gasteiger partial charge in [-0.3, -0.25) is 19.4 Å². The van der Waals surface area contributed by atoms with E-state index in [-0.39, 0.29) is 30.0 Å². The normalized spacial score (nSPS) is 15.2. The van der Waals surface area contributed by atoms with E-state index in [0.717, 1.165) is 0 Å². The van der Waals surface area contributed by atoms with Gasteiger partial charge in [0.05, 0.1) is 12.8 Å². The Morgan fingerprint density at radius 1 is 1.11 bits per heavy atom. The zero-order chi connectivity index (χ0) is 13.3. The summed E-state index contributed by atoms with van der Waals surface area (Å²) in [5.74, 6) is -1.03. The number of hydrogen-bond donors (Lipinski definition) is 1. The average molecular weight is 251 g/mol. The number of aromatic amines is 1. The third-order valence-corrected chi connectivity index (χ3v) is 2.82. The first-order valence-corrected chi connectivity index (χ1v) is 5.70. The maximum atomic E-state index is 11.7. The molecule has 0 fully saturated rings. The first-order chi connectivity index (χ1) is 8.52. The number of nitrogens with one attached hydrogen (secondary N) is 1. The Morgan fingerprint density at radius 2 is 1.72 bits per heavy atom. The molecule has 1 aliphatic heterocycles. The molecule has 96 valence electrons. The molecule has 0 bridgehead atoms. The molecule has 1 N–H and O–H groups in total. The number of carbonyl (C=O) groups is 2. The molecule has 0 atom stereocenters. The highest BCUT2D eigenvalue weighted by atomic mass is 16.6. The molecular formula is C12H13NO5. The summed E-state index contributed by atoms with van der Waals surface area (Å²) in [6, 6.07) is 0. The van der Waals surface area contributed by atoms with E-state index in [1.54, 1.807) is 6.92 Å². The van der Waals surface area contributed by atoms with Crippen LogP contribution < -0.4 is 15.0 Å². The smallest absolute Gasteiger partial charge is 0.313 e. The van der Waals surface area contributed by atoms with Crippen molar-refractivity contribution in [2.45, 2.75) is 33.1 Å². The highest BCUT2D eigenvalue weighted by Crippen LogP contribution is 2.31. The number of rotatable bonds is 1. The van der Waals surface area contributed by atoms with Gasteiger partial charge in [-0.15, -0.1) is 0 Å². The fourth-order valence-electron chi connectivity index (χ4n) is 1.87. The van der Waals surface area contributed by atoms with E-state index in [0.29, 0.717) is 17.5 Å². The molecule has 1 aromatic heterocycles. The summed E-state index contributed by atoms with van der Waals surface area (Å²) in [7, 11) is 0. The molecule has 0 saturated carbocycles. The van der Waals surface area contributed by atoms with Gasteiger partial charge in [0.25, 0.3) is 5.56 Å². The molecule has 18 heavy (non-hydrogen) atoms. The average Bonchev–Trinajstić information content (AvgIpc) is 2.30. The van der Waals surface area contributed by atoms with Crippen LogP contribution in [0.1, 0.15) is 30.9 Å². The maximum Gasteiger partial charge on any atom is 0.313 e. The standard InChI is InChI=1S/C12H13NO5/c1-3-7-6(2)10-12(13-11(7)16)18-9(15)5-4-8(14)17-10/h3-5H2,1-2H3,(H,13,16). The molecule has 0 radical (unpaired) electrons. The van der Waals surface area contributed by atoms with Crippen LogP contribution in [0.4, 0.5) is 0 Å². The zero-order valence-corrected chi connectivity index (χ0v) is 10.2. The first-order valence-electron chi connectivity index (χ1n) is 5.70. The number of carbonyl (C=O) groups excluding carboxylic acids is 2. The molecular weight excluding hydrogens is 238 g/mol. The van der Waals surface area contributed by atoms with Crippen molar-refractivity contribution in [3.63, 3.8) is 0 Å². The predicted octanol–water partition coefficient (Wildman–Crippen LogP) is 0.850. The van der Waals surface area contributed by atoms with Crippen LogP contribution in [0.5, 0.6) is 11.6 Å². The lowest BCUT2D eigenvalue weighted by Crippen LogP contribution is -2.24. The Morgan fingerprint density at radius 3 is 2.33 bits per heavy atom. The summed E-state index contributed by atoms with van der Waals surface area (Å²) in [6.07, 6.45) is 0.410. The molecule has 6 nitrogen and oxygen atoms in total. The number of hydrogen-bond acceptors (Lipinski definition) is 5. The van der Waals surface area contributed by atoms with Gasteiger partial charge in [0, 0.05) is 11.1 Å². The number of esters is 2. The molecule has 0 aliphatic carbocycles. The molecule has 2 heterocycles. The minimum absolute atomic E-state index is 0.0295. The van der Waals surface area contributed by atoms with Gasteiger partial charge in [0.2, 0.25) is 5.88 Å². The van der Waals surface area contributed by atoms with E-state index in [1.807, 2.05) is 6.92 Å². The van der Waals surface area contributed by atoms with Crippen molar-refractivity contribution in [3.8, 4) is 11.6 Å². The second kappa shape index (κ2) is 4.64. The van der Waals surface area contributed by atoms with Crippen LogP contribution in [0.2, 0.25) is 0 Å². The Hall–Kier alpha value is -2.11. The fraction of sp³-hybridized carbons (Fsp3) is 0.417. The third kappa shape index (κ3) is 2.13. The van der Waals surface area contributed by atoms with E-state index in [4.69, 9.17) is 9.47 Å². The number of H-pyrrole nitrogens is 1. The first kappa shape index (κ1) is 12.3. The molecule has 0 amide bonds. The van der Waals surface area contributed by atoms with E-state index in [9.17, 15) is 14.4 Å². The highest BCUT2D eigenvalue weighted by molar-refractivity contribution is 5.82. The Labute approximate surface area is 103 Å². The van der Waals surface area contributed by atoms with Gasteiger partial charge in [-0.25, -0.2) is 0 Å². The number of fused-ring (bicyclic) bond motifs is 1. The largest absolute Gasteiger partial charge is 0.420 e. The molecule has 2 rings (SSSR count). The minimum atomic E-state index is -0.563. The Balaban J connectivity index is 2.62. The van der Waals surface area contributed by atoms with E-state index in [2.05, 4.69) is 4.98 Å². The minimum Gasteiger partial charge on any atom is -0.420 e. The Bertz CT molecular complexity index is 573. The lowest BCUT2D eigenvalue weighted by atomic mass is 10.1. The lowest BCUT2D eigenvalue weighted by molar-refractivity contribution is -0.142. The topological polar surface area (TPSA) is 85.5 Å². The lowest BCUT2D eigenvalue weighted by Gasteiger charge is -2.16. The third-order valence-electron chi connectivity index (χ3n) is 2.82. The van der Waals surface area contributed by atoms with Gasteiger partial charge < -0.3 is 9.47 Å². The van der Waals surface area contributed by atoms with Gasteiger partial charge in [0.1, 0.15) is 0 Å². The van der Waals surface area contributed by atoms with Crippen molar-refractivity contribution < 1.29 is 19.1 Å². The summed E-state index contributed by atoms with van der Waals surface area (Å²) >= 11 is 0. The van der Waals surface area contributed by atoms with Gasteiger partial charge in [0.15, 0.2) is 5.75 Å². The highest BCUT2D eigenvalue weighted by Gasteiger charge is 2.24. The van der Waals surface area contributed by atoms with Crippen molar-refractivity contribution in [3.05, 3.63) is 21.5 Å². The quantitative estimate of drug-likeness (QED) is 0.748. The zero-order valence-electron chi connectivity index (χ0n) is 10.2. The van der Waals surface area contributed by atoms with Gasteiger partial charge in [-0.2, -0.15) is 0 Å². The molecule has 0 saturated heterocycles. The summed E-state index contributed by atoms with van der Waals surface area (Å²) in [4.78, 5) is 37.0. The monoisotopic (exact) mass is 251 g/mol. The van der Waals surface area contributed by atoms with Crippen LogP contribution in [0.15, 0.2) is 4.79 Å². The van der Waals surface area contributed by atoms with Gasteiger partial charge in [-0.05, 0) is 13.3 Å². The summed E-state index contributed by atoms with van der Waals surface area (Å²) in [6.45, 7) is 3.48. The second-order valence-corrected chi connectivity index (χ2v) is 4.02. The van der Waals surface area contributed by atoms with Crippen LogP contribution in [-0.4, -0.2) is 16.9 Å². The van der Waals surface area contributed by atoms with Crippen LogP contribution in [0, 0.1) is 6.92 Å². The van der Waals surface area contributed by atoms with E-state index in [1.165, 1.54) is 0 Å².